The maximum Gasteiger partial charge on any atom is 0.344 e. The van der Waals surface area contributed by atoms with Crippen molar-refractivity contribution in [3.63, 3.8) is 0 Å². The van der Waals surface area contributed by atoms with Gasteiger partial charge in [0, 0.05) is 11.8 Å². The first kappa shape index (κ1) is 21.5. The van der Waals surface area contributed by atoms with Gasteiger partial charge in [-0.2, -0.15) is 0 Å². The molecule has 0 aliphatic carbocycles. The van der Waals surface area contributed by atoms with E-state index in [2.05, 4.69) is 5.32 Å². The van der Waals surface area contributed by atoms with E-state index in [1.807, 2.05) is 0 Å². The zero-order chi connectivity index (χ0) is 21.4. The number of hydrogen-bond donors (Lipinski definition) is 2. The highest BCUT2D eigenvalue weighted by Gasteiger charge is 2.19. The number of esters is 1. The quantitative estimate of drug-likeness (QED) is 0.612. The first-order valence-corrected chi connectivity index (χ1v) is 8.59. The van der Waals surface area contributed by atoms with Gasteiger partial charge in [-0.05, 0) is 31.2 Å². The number of para-hydroxylation sites is 1. The van der Waals surface area contributed by atoms with Crippen LogP contribution in [0, 0.1) is 0 Å². The SMILES string of the molecule is COc1ccc(NC(=O)[C@H](C)OC(=O)COc2ccccc2C(N)=O)cc1OC. The Labute approximate surface area is 167 Å². The molecule has 0 unspecified atom stereocenters. The van der Waals surface area contributed by atoms with Crippen molar-refractivity contribution < 1.29 is 33.3 Å². The maximum atomic E-state index is 12.3. The standard InChI is InChI=1S/C20H22N2O7/c1-12(20(25)22-13-8-9-16(26-2)17(10-13)27-3)29-18(23)11-28-15-7-5-4-6-14(15)19(21)24/h4-10,12H,11H2,1-3H3,(H2,21,24)(H,22,25)/t12-/m0/s1. The van der Waals surface area contributed by atoms with E-state index in [-0.39, 0.29) is 11.3 Å². The number of anilines is 1. The second-order valence-corrected chi connectivity index (χ2v) is 5.84. The van der Waals surface area contributed by atoms with Crippen molar-refractivity contribution in [1.82, 2.24) is 0 Å². The fourth-order valence-electron chi connectivity index (χ4n) is 2.38. The predicted molar refractivity (Wildman–Crippen MR) is 104 cm³/mol. The summed E-state index contributed by atoms with van der Waals surface area (Å²) in [6.07, 6.45) is -1.08. The molecule has 0 fully saturated rings. The average molecular weight is 402 g/mol. The predicted octanol–water partition coefficient (Wildman–Crippen LogP) is 1.75. The van der Waals surface area contributed by atoms with E-state index < -0.39 is 30.5 Å². The van der Waals surface area contributed by atoms with Crippen molar-refractivity contribution in [3.8, 4) is 17.2 Å². The van der Waals surface area contributed by atoms with E-state index in [0.29, 0.717) is 17.2 Å². The largest absolute Gasteiger partial charge is 0.493 e. The van der Waals surface area contributed by atoms with Crippen molar-refractivity contribution in [2.24, 2.45) is 5.73 Å². The van der Waals surface area contributed by atoms with Crippen LogP contribution in [0.3, 0.4) is 0 Å². The fraction of sp³-hybridized carbons (Fsp3) is 0.250. The number of nitrogens with one attached hydrogen (secondary N) is 1. The lowest BCUT2D eigenvalue weighted by Gasteiger charge is -2.15. The minimum absolute atomic E-state index is 0.138. The van der Waals surface area contributed by atoms with Crippen LogP contribution in [0.25, 0.3) is 0 Å². The molecule has 154 valence electrons. The molecule has 0 spiro atoms. The highest BCUT2D eigenvalue weighted by Crippen LogP contribution is 2.29. The third kappa shape index (κ3) is 5.86. The molecule has 9 nitrogen and oxygen atoms in total. The van der Waals surface area contributed by atoms with Gasteiger partial charge in [-0.15, -0.1) is 0 Å². The Morgan fingerprint density at radius 3 is 2.34 bits per heavy atom. The van der Waals surface area contributed by atoms with Crippen molar-refractivity contribution in [2.45, 2.75) is 13.0 Å². The third-order valence-corrected chi connectivity index (χ3v) is 3.83. The highest BCUT2D eigenvalue weighted by atomic mass is 16.6. The molecule has 0 aromatic heterocycles. The molecule has 0 aliphatic rings. The second kappa shape index (κ2) is 9.98. The summed E-state index contributed by atoms with van der Waals surface area (Å²) in [5.74, 6) is -0.895. The van der Waals surface area contributed by atoms with Crippen LogP contribution >= 0.6 is 0 Å². The van der Waals surface area contributed by atoms with E-state index in [4.69, 9.17) is 24.7 Å². The molecule has 0 saturated heterocycles. The minimum atomic E-state index is -1.08. The Kier molecular flexibility index (Phi) is 7.41. The molecule has 0 bridgehead atoms. The van der Waals surface area contributed by atoms with E-state index in [9.17, 15) is 14.4 Å². The Hall–Kier alpha value is -3.75. The van der Waals surface area contributed by atoms with Gasteiger partial charge in [-0.25, -0.2) is 4.79 Å². The number of ether oxygens (including phenoxy) is 4. The summed E-state index contributed by atoms with van der Waals surface area (Å²) < 4.78 is 20.6. The van der Waals surface area contributed by atoms with Crippen molar-refractivity contribution in [2.75, 3.05) is 26.1 Å². The second-order valence-electron chi connectivity index (χ2n) is 5.84. The molecule has 0 aliphatic heterocycles. The molecular formula is C20H22N2O7. The summed E-state index contributed by atoms with van der Waals surface area (Å²) in [4.78, 5) is 35.6. The highest BCUT2D eigenvalue weighted by molar-refractivity contribution is 5.96. The number of rotatable bonds is 9. The molecule has 0 saturated carbocycles. The normalized spacial score (nSPS) is 11.1. The summed E-state index contributed by atoms with van der Waals surface area (Å²) in [6.45, 7) is 0.934. The van der Waals surface area contributed by atoms with Crippen LogP contribution in [0.15, 0.2) is 42.5 Å². The molecule has 29 heavy (non-hydrogen) atoms. The summed E-state index contributed by atoms with van der Waals surface area (Å²) in [6, 6.07) is 11.1. The van der Waals surface area contributed by atoms with Gasteiger partial charge in [0.15, 0.2) is 24.2 Å². The molecule has 1 atom stereocenters. The van der Waals surface area contributed by atoms with Gasteiger partial charge >= 0.3 is 5.97 Å². The molecule has 2 aromatic carbocycles. The maximum absolute atomic E-state index is 12.3. The van der Waals surface area contributed by atoms with E-state index in [1.54, 1.807) is 30.3 Å². The van der Waals surface area contributed by atoms with Crippen molar-refractivity contribution in [1.29, 1.82) is 0 Å². The topological polar surface area (TPSA) is 126 Å². The lowest BCUT2D eigenvalue weighted by atomic mass is 10.2. The summed E-state index contributed by atoms with van der Waals surface area (Å²) in [7, 11) is 2.98. The van der Waals surface area contributed by atoms with Gasteiger partial charge in [-0.3, -0.25) is 9.59 Å². The minimum Gasteiger partial charge on any atom is -0.493 e. The van der Waals surface area contributed by atoms with Gasteiger partial charge in [0.2, 0.25) is 0 Å². The summed E-state index contributed by atoms with van der Waals surface area (Å²) in [5.41, 5.74) is 5.83. The number of nitrogens with two attached hydrogens (primary N) is 1. The number of amides is 2. The van der Waals surface area contributed by atoms with Crippen LogP contribution in [0.1, 0.15) is 17.3 Å². The number of benzene rings is 2. The van der Waals surface area contributed by atoms with Crippen LogP contribution in [-0.2, 0) is 14.3 Å². The van der Waals surface area contributed by atoms with Crippen molar-refractivity contribution >= 4 is 23.5 Å². The smallest absolute Gasteiger partial charge is 0.344 e. The average Bonchev–Trinajstić information content (AvgIpc) is 2.72. The van der Waals surface area contributed by atoms with Crippen molar-refractivity contribution in [3.05, 3.63) is 48.0 Å². The number of primary amides is 1. The fourth-order valence-corrected chi connectivity index (χ4v) is 2.38. The Bertz CT molecular complexity index is 898. The molecule has 0 radical (unpaired) electrons. The first-order chi connectivity index (χ1) is 13.8. The Morgan fingerprint density at radius 1 is 1.00 bits per heavy atom. The Morgan fingerprint density at radius 2 is 1.69 bits per heavy atom. The van der Waals surface area contributed by atoms with Gasteiger partial charge in [0.25, 0.3) is 11.8 Å². The van der Waals surface area contributed by atoms with E-state index >= 15 is 0 Å². The van der Waals surface area contributed by atoms with E-state index in [1.165, 1.54) is 33.3 Å². The first-order valence-electron chi connectivity index (χ1n) is 8.59. The number of carbonyl (C=O) groups excluding carboxylic acids is 3. The molecule has 2 rings (SSSR count). The molecular weight excluding hydrogens is 380 g/mol. The van der Waals surface area contributed by atoms with E-state index in [0.717, 1.165) is 0 Å². The lowest BCUT2D eigenvalue weighted by molar-refractivity contribution is -0.155. The van der Waals surface area contributed by atoms with Gasteiger partial charge in [0.05, 0.1) is 19.8 Å². The monoisotopic (exact) mass is 402 g/mol. The summed E-state index contributed by atoms with van der Waals surface area (Å²) in [5, 5.41) is 2.62. The summed E-state index contributed by atoms with van der Waals surface area (Å²) >= 11 is 0. The number of carbonyl (C=O) groups is 3. The van der Waals surface area contributed by atoms with Crippen LogP contribution < -0.4 is 25.3 Å². The molecule has 2 aromatic rings. The molecule has 0 heterocycles. The zero-order valence-corrected chi connectivity index (χ0v) is 16.3. The molecule has 9 heteroatoms. The number of hydrogen-bond acceptors (Lipinski definition) is 7. The number of methoxy groups -OCH3 is 2. The Balaban J connectivity index is 1.91. The van der Waals surface area contributed by atoms with Gasteiger partial charge in [-0.1, -0.05) is 12.1 Å². The van der Waals surface area contributed by atoms with Crippen LogP contribution in [0.5, 0.6) is 17.2 Å². The van der Waals surface area contributed by atoms with Gasteiger partial charge < -0.3 is 30.0 Å². The van der Waals surface area contributed by atoms with Crippen LogP contribution in [-0.4, -0.2) is 44.7 Å². The van der Waals surface area contributed by atoms with Gasteiger partial charge in [0.1, 0.15) is 5.75 Å². The lowest BCUT2D eigenvalue weighted by Crippen LogP contribution is -2.31. The zero-order valence-electron chi connectivity index (χ0n) is 16.3. The molecule has 2 amide bonds. The molecule has 3 N–H and O–H groups in total. The van der Waals surface area contributed by atoms with Crippen LogP contribution in [0.2, 0.25) is 0 Å². The third-order valence-electron chi connectivity index (χ3n) is 3.83. The van der Waals surface area contributed by atoms with Crippen LogP contribution in [0.4, 0.5) is 5.69 Å².